The van der Waals surface area contributed by atoms with E-state index in [1.807, 2.05) is 37.3 Å². The predicted octanol–water partition coefficient (Wildman–Crippen LogP) is 5.18. The fraction of sp³-hybridized carbons (Fsp3) is 0.316. The van der Waals surface area contributed by atoms with Gasteiger partial charge in [-0.3, -0.25) is 4.79 Å². The second-order valence-electron chi connectivity index (χ2n) is 5.93. The fourth-order valence-electron chi connectivity index (χ4n) is 2.15. The van der Waals surface area contributed by atoms with Gasteiger partial charge in [-0.2, -0.15) is 0 Å². The molecule has 0 saturated heterocycles. The number of nitrogens with one attached hydrogen (secondary N) is 1. The van der Waals surface area contributed by atoms with Crippen molar-refractivity contribution in [2.24, 2.45) is 0 Å². The van der Waals surface area contributed by atoms with Crippen LogP contribution in [0.4, 0.5) is 5.69 Å². The molecule has 0 unspecified atom stereocenters. The Labute approximate surface area is 142 Å². The minimum atomic E-state index is -0.599. The van der Waals surface area contributed by atoms with Crippen molar-refractivity contribution >= 4 is 23.2 Å². The molecule has 4 heteroatoms. The molecule has 0 aliphatic carbocycles. The summed E-state index contributed by atoms with van der Waals surface area (Å²) >= 11 is 5.97. The van der Waals surface area contributed by atoms with E-state index in [9.17, 15) is 4.79 Å². The van der Waals surface area contributed by atoms with Crippen molar-refractivity contribution in [1.29, 1.82) is 0 Å². The van der Waals surface area contributed by atoms with E-state index in [0.717, 1.165) is 5.56 Å². The summed E-state index contributed by atoms with van der Waals surface area (Å²) in [6.45, 7) is 7.92. The van der Waals surface area contributed by atoms with Crippen molar-refractivity contribution in [1.82, 2.24) is 0 Å². The predicted molar refractivity (Wildman–Crippen MR) is 95.4 cm³/mol. The highest BCUT2D eigenvalue weighted by Gasteiger charge is 2.16. The highest BCUT2D eigenvalue weighted by molar-refractivity contribution is 6.31. The van der Waals surface area contributed by atoms with E-state index in [1.165, 1.54) is 5.56 Å². The van der Waals surface area contributed by atoms with Crippen molar-refractivity contribution in [3.8, 4) is 5.75 Å². The van der Waals surface area contributed by atoms with Crippen LogP contribution >= 0.6 is 11.6 Å². The highest BCUT2D eigenvalue weighted by atomic mass is 35.5. The van der Waals surface area contributed by atoms with E-state index in [1.54, 1.807) is 19.1 Å². The van der Waals surface area contributed by atoms with E-state index in [-0.39, 0.29) is 5.91 Å². The first-order valence-corrected chi connectivity index (χ1v) is 8.08. The maximum absolute atomic E-state index is 12.3. The molecule has 1 amide bonds. The molecule has 1 N–H and O–H groups in total. The smallest absolute Gasteiger partial charge is 0.265 e. The average molecular weight is 332 g/mol. The van der Waals surface area contributed by atoms with Crippen molar-refractivity contribution < 1.29 is 9.53 Å². The third-order valence-corrected chi connectivity index (χ3v) is 3.92. The Morgan fingerprint density at radius 1 is 1.09 bits per heavy atom. The maximum Gasteiger partial charge on any atom is 0.265 e. The molecule has 3 nitrogen and oxygen atoms in total. The Morgan fingerprint density at radius 3 is 2.35 bits per heavy atom. The standard InChI is InChI=1S/C19H22ClNO2/c1-12(2)15-6-9-17(10-7-15)23-14(4)19(22)21-18-11-16(20)8-5-13(18)3/h5-12,14H,1-4H3,(H,21,22)/t14-/m0/s1. The van der Waals surface area contributed by atoms with E-state index in [0.29, 0.717) is 22.4 Å². The number of hydrogen-bond donors (Lipinski definition) is 1. The molecule has 122 valence electrons. The molecule has 0 saturated carbocycles. The molecule has 23 heavy (non-hydrogen) atoms. The molecule has 0 fully saturated rings. The van der Waals surface area contributed by atoms with Crippen molar-refractivity contribution in [2.45, 2.75) is 39.7 Å². The van der Waals surface area contributed by atoms with E-state index in [4.69, 9.17) is 16.3 Å². The molecule has 0 aliphatic rings. The van der Waals surface area contributed by atoms with Crippen LogP contribution in [0.1, 0.15) is 37.8 Å². The molecule has 1 atom stereocenters. The summed E-state index contributed by atoms with van der Waals surface area (Å²) in [5.74, 6) is 0.943. The molecule has 0 spiro atoms. The number of benzene rings is 2. The Hall–Kier alpha value is -2.00. The Bertz CT molecular complexity index is 680. The lowest BCUT2D eigenvalue weighted by Gasteiger charge is -2.16. The van der Waals surface area contributed by atoms with Crippen molar-refractivity contribution in [2.75, 3.05) is 5.32 Å². The number of hydrogen-bond acceptors (Lipinski definition) is 2. The summed E-state index contributed by atoms with van der Waals surface area (Å²) in [4.78, 5) is 12.3. The molecular weight excluding hydrogens is 310 g/mol. The van der Waals surface area contributed by atoms with E-state index >= 15 is 0 Å². The maximum atomic E-state index is 12.3. The number of ether oxygens (including phenoxy) is 1. The van der Waals surface area contributed by atoms with Crippen LogP contribution < -0.4 is 10.1 Å². The molecule has 0 bridgehead atoms. The lowest BCUT2D eigenvalue weighted by molar-refractivity contribution is -0.122. The lowest BCUT2D eigenvalue weighted by Crippen LogP contribution is -2.30. The van der Waals surface area contributed by atoms with Crippen LogP contribution in [0.5, 0.6) is 5.75 Å². The number of halogens is 1. The van der Waals surface area contributed by atoms with Gasteiger partial charge < -0.3 is 10.1 Å². The number of rotatable bonds is 5. The second-order valence-corrected chi connectivity index (χ2v) is 6.37. The van der Waals surface area contributed by atoms with Gasteiger partial charge in [-0.25, -0.2) is 0 Å². The second kappa shape index (κ2) is 7.51. The van der Waals surface area contributed by atoms with Gasteiger partial charge in [0.15, 0.2) is 6.10 Å². The van der Waals surface area contributed by atoms with Gasteiger partial charge in [0.1, 0.15) is 5.75 Å². The Kier molecular flexibility index (Phi) is 5.67. The molecule has 0 aliphatic heterocycles. The first-order valence-electron chi connectivity index (χ1n) is 7.70. The summed E-state index contributed by atoms with van der Waals surface area (Å²) in [5.41, 5.74) is 2.90. The quantitative estimate of drug-likeness (QED) is 0.820. The van der Waals surface area contributed by atoms with Gasteiger partial charge in [0, 0.05) is 10.7 Å². The van der Waals surface area contributed by atoms with Crippen molar-refractivity contribution in [3.63, 3.8) is 0 Å². The largest absolute Gasteiger partial charge is 0.481 e. The van der Waals surface area contributed by atoms with Gasteiger partial charge in [-0.05, 0) is 55.2 Å². The summed E-state index contributed by atoms with van der Waals surface area (Å²) in [6, 6.07) is 13.2. The SMILES string of the molecule is Cc1ccc(Cl)cc1NC(=O)[C@H](C)Oc1ccc(C(C)C)cc1. The van der Waals surface area contributed by atoms with Gasteiger partial charge >= 0.3 is 0 Å². The number of carbonyl (C=O) groups excluding carboxylic acids is 1. The fourth-order valence-corrected chi connectivity index (χ4v) is 2.32. The highest BCUT2D eigenvalue weighted by Crippen LogP contribution is 2.22. The minimum absolute atomic E-state index is 0.205. The molecule has 0 radical (unpaired) electrons. The Balaban J connectivity index is 2.01. The zero-order valence-electron chi connectivity index (χ0n) is 13.9. The van der Waals surface area contributed by atoms with Crippen LogP contribution in [0.2, 0.25) is 5.02 Å². The Morgan fingerprint density at radius 2 is 1.74 bits per heavy atom. The third-order valence-electron chi connectivity index (χ3n) is 3.69. The van der Waals surface area contributed by atoms with Gasteiger partial charge in [0.2, 0.25) is 0 Å². The number of amides is 1. The lowest BCUT2D eigenvalue weighted by atomic mass is 10.0. The summed E-state index contributed by atoms with van der Waals surface area (Å²) in [6.07, 6.45) is -0.599. The molecule has 2 rings (SSSR count). The van der Waals surface area contributed by atoms with Crippen LogP contribution in [0.3, 0.4) is 0 Å². The van der Waals surface area contributed by atoms with E-state index < -0.39 is 6.10 Å². The molecular formula is C19H22ClNO2. The van der Waals surface area contributed by atoms with Crippen LogP contribution in [0, 0.1) is 6.92 Å². The molecule has 2 aromatic rings. The van der Waals surface area contributed by atoms with Crippen LogP contribution in [0.15, 0.2) is 42.5 Å². The van der Waals surface area contributed by atoms with E-state index in [2.05, 4.69) is 19.2 Å². The molecule has 0 heterocycles. The average Bonchev–Trinajstić information content (AvgIpc) is 2.51. The zero-order chi connectivity index (χ0) is 17.0. The number of anilines is 1. The topological polar surface area (TPSA) is 38.3 Å². The zero-order valence-corrected chi connectivity index (χ0v) is 14.6. The van der Waals surface area contributed by atoms with Crippen LogP contribution in [-0.2, 0) is 4.79 Å². The molecule has 0 aromatic heterocycles. The third kappa shape index (κ3) is 4.73. The summed E-state index contributed by atoms with van der Waals surface area (Å²) in [5, 5.41) is 3.44. The normalized spacial score (nSPS) is 12.1. The first-order chi connectivity index (χ1) is 10.9. The van der Waals surface area contributed by atoms with Crippen LogP contribution in [-0.4, -0.2) is 12.0 Å². The summed E-state index contributed by atoms with van der Waals surface area (Å²) in [7, 11) is 0. The van der Waals surface area contributed by atoms with Gasteiger partial charge in [0.05, 0.1) is 0 Å². The number of carbonyl (C=O) groups is 1. The van der Waals surface area contributed by atoms with Crippen LogP contribution in [0.25, 0.3) is 0 Å². The van der Waals surface area contributed by atoms with Crippen molar-refractivity contribution in [3.05, 3.63) is 58.6 Å². The van der Waals surface area contributed by atoms with Gasteiger partial charge in [-0.15, -0.1) is 0 Å². The van der Waals surface area contributed by atoms with Gasteiger partial charge in [-0.1, -0.05) is 43.6 Å². The minimum Gasteiger partial charge on any atom is -0.481 e. The number of aryl methyl sites for hydroxylation is 1. The summed E-state index contributed by atoms with van der Waals surface area (Å²) < 4.78 is 5.71. The van der Waals surface area contributed by atoms with Gasteiger partial charge in [0.25, 0.3) is 5.91 Å². The molecule has 2 aromatic carbocycles. The first kappa shape index (κ1) is 17.4. The monoisotopic (exact) mass is 331 g/mol.